The van der Waals surface area contributed by atoms with E-state index in [1.165, 1.54) is 0 Å². The molecule has 0 radical (unpaired) electrons. The van der Waals surface area contributed by atoms with Crippen LogP contribution < -0.4 is 11.3 Å². The van der Waals surface area contributed by atoms with Gasteiger partial charge in [-0.05, 0) is 6.42 Å². The molecule has 1 saturated carbocycles. The summed E-state index contributed by atoms with van der Waals surface area (Å²) in [7, 11) is 0. The van der Waals surface area contributed by atoms with Gasteiger partial charge in [0.15, 0.2) is 0 Å². The molecule has 0 aromatic carbocycles. The van der Waals surface area contributed by atoms with E-state index in [0.29, 0.717) is 0 Å². The van der Waals surface area contributed by atoms with E-state index in [1.807, 2.05) is 19.9 Å². The molecule has 0 aromatic rings. The second kappa shape index (κ2) is 3.85. The van der Waals surface area contributed by atoms with Crippen molar-refractivity contribution >= 4 is 0 Å². The highest BCUT2D eigenvalue weighted by atomic mass is 19.3. The third kappa shape index (κ3) is 2.23. The van der Waals surface area contributed by atoms with Crippen LogP contribution in [0.2, 0.25) is 0 Å². The van der Waals surface area contributed by atoms with E-state index in [1.54, 1.807) is 0 Å². The zero-order valence-electron chi connectivity index (χ0n) is 8.74. The Morgan fingerprint density at radius 3 is 2.43 bits per heavy atom. The standard InChI is InChI=1S/C10H18F2N2/c1-3-4-5-8(14-13)9(2)6-10(11,12)7-9/h5,14H,3-4,6-7,13H2,1-2H3/b8-5-. The smallest absolute Gasteiger partial charge is 0.250 e. The highest BCUT2D eigenvalue weighted by Gasteiger charge is 2.55. The minimum absolute atomic E-state index is 0.0975. The summed E-state index contributed by atoms with van der Waals surface area (Å²) in [5.41, 5.74) is 2.85. The average Bonchev–Trinajstić information content (AvgIpc) is 2.01. The Labute approximate surface area is 83.5 Å². The summed E-state index contributed by atoms with van der Waals surface area (Å²) in [5, 5.41) is 0. The molecule has 1 aliphatic rings. The highest BCUT2D eigenvalue weighted by Crippen LogP contribution is 2.54. The number of hydrogen-bond acceptors (Lipinski definition) is 2. The molecule has 82 valence electrons. The number of unbranched alkanes of at least 4 members (excludes halogenated alkanes) is 1. The molecule has 14 heavy (non-hydrogen) atoms. The molecule has 2 nitrogen and oxygen atoms in total. The second-order valence-corrected chi connectivity index (χ2v) is 4.32. The van der Waals surface area contributed by atoms with Crippen LogP contribution in [0.4, 0.5) is 8.78 Å². The normalized spacial score (nSPS) is 24.2. The molecule has 0 unspecified atom stereocenters. The number of rotatable bonds is 4. The summed E-state index contributed by atoms with van der Waals surface area (Å²) < 4.78 is 25.5. The number of hydrogen-bond donors (Lipinski definition) is 2. The van der Waals surface area contributed by atoms with Crippen molar-refractivity contribution in [1.29, 1.82) is 0 Å². The van der Waals surface area contributed by atoms with E-state index in [0.717, 1.165) is 18.5 Å². The molecular formula is C10H18F2N2. The summed E-state index contributed by atoms with van der Waals surface area (Å²) in [6, 6.07) is 0. The number of hydrazine groups is 1. The molecule has 0 amide bonds. The summed E-state index contributed by atoms with van der Waals surface area (Å²) in [6.07, 6.45) is 3.60. The van der Waals surface area contributed by atoms with Gasteiger partial charge in [0, 0.05) is 24.0 Å². The molecular weight excluding hydrogens is 186 g/mol. The van der Waals surface area contributed by atoms with Crippen molar-refractivity contribution in [3.63, 3.8) is 0 Å². The molecule has 1 aliphatic carbocycles. The van der Waals surface area contributed by atoms with Crippen LogP contribution in [0.15, 0.2) is 11.8 Å². The van der Waals surface area contributed by atoms with E-state index in [-0.39, 0.29) is 12.8 Å². The third-order valence-electron chi connectivity index (χ3n) is 2.74. The quantitative estimate of drug-likeness (QED) is 0.545. The maximum absolute atomic E-state index is 12.8. The second-order valence-electron chi connectivity index (χ2n) is 4.32. The Morgan fingerprint density at radius 1 is 1.50 bits per heavy atom. The fraction of sp³-hybridized carbons (Fsp3) is 0.800. The Morgan fingerprint density at radius 2 is 2.07 bits per heavy atom. The molecule has 1 rings (SSSR count). The van der Waals surface area contributed by atoms with Crippen molar-refractivity contribution in [2.75, 3.05) is 0 Å². The van der Waals surface area contributed by atoms with Gasteiger partial charge in [0.25, 0.3) is 0 Å². The van der Waals surface area contributed by atoms with Gasteiger partial charge >= 0.3 is 0 Å². The van der Waals surface area contributed by atoms with E-state index in [4.69, 9.17) is 5.84 Å². The van der Waals surface area contributed by atoms with Crippen molar-refractivity contribution in [2.24, 2.45) is 11.3 Å². The minimum atomic E-state index is -2.50. The molecule has 4 heteroatoms. The van der Waals surface area contributed by atoms with E-state index >= 15 is 0 Å². The van der Waals surface area contributed by atoms with Crippen LogP contribution in [0.1, 0.15) is 39.5 Å². The molecule has 0 heterocycles. The fourth-order valence-corrected chi connectivity index (χ4v) is 2.05. The van der Waals surface area contributed by atoms with Crippen molar-refractivity contribution in [2.45, 2.75) is 45.5 Å². The Kier molecular flexibility index (Phi) is 3.14. The predicted octanol–water partition coefficient (Wildman–Crippen LogP) is 2.57. The van der Waals surface area contributed by atoms with Crippen molar-refractivity contribution in [1.82, 2.24) is 5.43 Å². The molecule has 0 saturated heterocycles. The molecule has 0 aromatic heterocycles. The van der Waals surface area contributed by atoms with E-state index in [2.05, 4.69) is 5.43 Å². The summed E-state index contributed by atoms with van der Waals surface area (Å²) in [6.45, 7) is 3.87. The van der Waals surface area contributed by atoms with Crippen LogP contribution in [-0.2, 0) is 0 Å². The monoisotopic (exact) mass is 204 g/mol. The molecule has 0 spiro atoms. The number of allylic oxidation sites excluding steroid dienone is 2. The van der Waals surface area contributed by atoms with Gasteiger partial charge < -0.3 is 5.43 Å². The van der Waals surface area contributed by atoms with Crippen LogP contribution in [0.3, 0.4) is 0 Å². The van der Waals surface area contributed by atoms with Crippen LogP contribution in [-0.4, -0.2) is 5.92 Å². The predicted molar refractivity (Wildman–Crippen MR) is 52.6 cm³/mol. The Bertz CT molecular complexity index is 228. The lowest BCUT2D eigenvalue weighted by Crippen LogP contribution is -2.49. The van der Waals surface area contributed by atoms with Crippen LogP contribution in [0, 0.1) is 5.41 Å². The lowest BCUT2D eigenvalue weighted by molar-refractivity contribution is -0.140. The Balaban J connectivity index is 2.63. The van der Waals surface area contributed by atoms with Gasteiger partial charge in [-0.25, -0.2) is 8.78 Å². The summed E-state index contributed by atoms with van der Waals surface area (Å²) >= 11 is 0. The van der Waals surface area contributed by atoms with Crippen molar-refractivity contribution in [3.8, 4) is 0 Å². The first kappa shape index (κ1) is 11.4. The molecule has 1 fully saturated rings. The van der Waals surface area contributed by atoms with Gasteiger partial charge in [-0.3, -0.25) is 5.84 Å². The van der Waals surface area contributed by atoms with Gasteiger partial charge in [0.1, 0.15) is 0 Å². The van der Waals surface area contributed by atoms with Gasteiger partial charge in [0.05, 0.1) is 0 Å². The lowest BCUT2D eigenvalue weighted by atomic mass is 9.65. The van der Waals surface area contributed by atoms with Gasteiger partial charge in [-0.2, -0.15) is 0 Å². The molecule has 0 bridgehead atoms. The summed E-state index contributed by atoms with van der Waals surface area (Å²) in [4.78, 5) is 0. The largest absolute Gasteiger partial charge is 0.328 e. The van der Waals surface area contributed by atoms with Crippen LogP contribution in [0.25, 0.3) is 0 Å². The zero-order valence-corrected chi connectivity index (χ0v) is 8.74. The maximum Gasteiger partial charge on any atom is 0.250 e. The first-order valence-electron chi connectivity index (χ1n) is 4.98. The SMILES string of the molecule is CCC/C=C(\NN)C1(C)CC(F)(F)C1. The fourth-order valence-electron chi connectivity index (χ4n) is 2.05. The topological polar surface area (TPSA) is 38.0 Å². The average molecular weight is 204 g/mol. The van der Waals surface area contributed by atoms with Crippen LogP contribution >= 0.6 is 0 Å². The number of alkyl halides is 2. The minimum Gasteiger partial charge on any atom is -0.328 e. The van der Waals surface area contributed by atoms with Crippen molar-refractivity contribution < 1.29 is 8.78 Å². The van der Waals surface area contributed by atoms with Crippen molar-refractivity contribution in [3.05, 3.63) is 11.8 Å². The van der Waals surface area contributed by atoms with Crippen LogP contribution in [0.5, 0.6) is 0 Å². The number of halogens is 2. The van der Waals surface area contributed by atoms with E-state index < -0.39 is 11.3 Å². The van der Waals surface area contributed by atoms with Gasteiger partial charge in [0.2, 0.25) is 5.92 Å². The van der Waals surface area contributed by atoms with Gasteiger partial charge in [-0.15, -0.1) is 0 Å². The van der Waals surface area contributed by atoms with Gasteiger partial charge in [-0.1, -0.05) is 26.3 Å². The first-order valence-corrected chi connectivity index (χ1v) is 4.98. The lowest BCUT2D eigenvalue weighted by Gasteiger charge is -2.46. The first-order chi connectivity index (χ1) is 6.43. The maximum atomic E-state index is 12.8. The molecule has 0 aliphatic heterocycles. The van der Waals surface area contributed by atoms with E-state index in [9.17, 15) is 8.78 Å². The highest BCUT2D eigenvalue weighted by molar-refractivity contribution is 5.18. The number of nitrogens with one attached hydrogen (secondary N) is 1. The number of nitrogens with two attached hydrogens (primary N) is 1. The third-order valence-corrected chi connectivity index (χ3v) is 2.74. The zero-order chi connectivity index (χ0) is 10.8. The summed E-state index contributed by atoms with van der Waals surface area (Å²) in [5.74, 6) is 2.83. The molecule has 0 atom stereocenters. The Hall–Kier alpha value is -0.640. The molecule has 3 N–H and O–H groups in total.